The first-order valence-electron chi connectivity index (χ1n) is 4.77. The molecule has 0 aromatic heterocycles. The zero-order valence-electron chi connectivity index (χ0n) is 8.87. The zero-order valence-corrected chi connectivity index (χ0v) is 10.4. The summed E-state index contributed by atoms with van der Waals surface area (Å²) in [5.74, 6) is -0.641. The van der Waals surface area contributed by atoms with Gasteiger partial charge in [-0.3, -0.25) is 4.79 Å². The standard InChI is InChI=1S/C9H12Cl2F3NO/c1-3-15(5-9(12,13)14)6(16)7(2)4-8(7,10)11/h3-5H2,1-2H3. The van der Waals surface area contributed by atoms with Crippen molar-refractivity contribution in [2.45, 2.75) is 30.8 Å². The number of nitrogens with zero attached hydrogens (tertiary/aromatic N) is 1. The van der Waals surface area contributed by atoms with E-state index < -0.39 is 28.4 Å². The Labute approximate surface area is 102 Å². The zero-order chi connectivity index (χ0) is 12.8. The van der Waals surface area contributed by atoms with Gasteiger partial charge >= 0.3 is 6.18 Å². The summed E-state index contributed by atoms with van der Waals surface area (Å²) in [7, 11) is 0. The average Bonchev–Trinajstić information content (AvgIpc) is 2.60. The first-order valence-corrected chi connectivity index (χ1v) is 5.53. The van der Waals surface area contributed by atoms with Crippen LogP contribution in [-0.4, -0.2) is 34.4 Å². The van der Waals surface area contributed by atoms with E-state index in [2.05, 4.69) is 0 Å². The summed E-state index contributed by atoms with van der Waals surface area (Å²) in [6.45, 7) is 1.69. The van der Waals surface area contributed by atoms with E-state index in [1.807, 2.05) is 0 Å². The van der Waals surface area contributed by atoms with Crippen LogP contribution in [0.15, 0.2) is 0 Å². The van der Waals surface area contributed by atoms with Crippen LogP contribution in [0.5, 0.6) is 0 Å². The summed E-state index contributed by atoms with van der Waals surface area (Å²) in [4.78, 5) is 12.5. The Balaban J connectivity index is 2.73. The van der Waals surface area contributed by atoms with Gasteiger partial charge in [0.25, 0.3) is 0 Å². The van der Waals surface area contributed by atoms with Crippen LogP contribution < -0.4 is 0 Å². The maximum atomic E-state index is 12.2. The predicted molar refractivity (Wildman–Crippen MR) is 55.5 cm³/mol. The van der Waals surface area contributed by atoms with Crippen LogP contribution in [0.25, 0.3) is 0 Å². The Bertz CT molecular complexity index is 306. The smallest absolute Gasteiger partial charge is 0.333 e. The molecule has 7 heteroatoms. The fraction of sp³-hybridized carbons (Fsp3) is 0.889. The number of halogens is 5. The van der Waals surface area contributed by atoms with Gasteiger partial charge < -0.3 is 4.90 Å². The van der Waals surface area contributed by atoms with Crippen LogP contribution in [0, 0.1) is 5.41 Å². The number of carbonyl (C=O) groups excluding carboxylic acids is 1. The normalized spacial score (nSPS) is 27.7. The molecular formula is C9H12Cl2F3NO. The van der Waals surface area contributed by atoms with Crippen molar-refractivity contribution in [2.24, 2.45) is 5.41 Å². The first-order chi connectivity index (χ1) is 7.03. The van der Waals surface area contributed by atoms with Crippen molar-refractivity contribution < 1.29 is 18.0 Å². The summed E-state index contributed by atoms with van der Waals surface area (Å²) >= 11 is 11.5. The van der Waals surface area contributed by atoms with Gasteiger partial charge in [0, 0.05) is 6.54 Å². The molecule has 0 aromatic rings. The third-order valence-corrected chi connectivity index (χ3v) is 3.87. The van der Waals surface area contributed by atoms with Gasteiger partial charge in [0.1, 0.15) is 10.9 Å². The number of amides is 1. The summed E-state index contributed by atoms with van der Waals surface area (Å²) in [5, 5.41) is 0. The highest BCUT2D eigenvalue weighted by Gasteiger charge is 2.68. The van der Waals surface area contributed by atoms with Crippen LogP contribution in [-0.2, 0) is 4.79 Å². The fourth-order valence-corrected chi connectivity index (χ4v) is 2.22. The van der Waals surface area contributed by atoms with E-state index in [9.17, 15) is 18.0 Å². The van der Waals surface area contributed by atoms with Crippen LogP contribution in [0.4, 0.5) is 13.2 Å². The van der Waals surface area contributed by atoms with E-state index in [4.69, 9.17) is 23.2 Å². The maximum Gasteiger partial charge on any atom is 0.406 e. The van der Waals surface area contributed by atoms with E-state index in [1.54, 1.807) is 0 Å². The molecule has 0 radical (unpaired) electrons. The molecule has 0 saturated heterocycles. The summed E-state index contributed by atoms with van der Waals surface area (Å²) in [5.41, 5.74) is -1.09. The highest BCUT2D eigenvalue weighted by atomic mass is 35.5. The summed E-state index contributed by atoms with van der Waals surface area (Å²) in [6, 6.07) is 0. The minimum absolute atomic E-state index is 0.0161. The van der Waals surface area contributed by atoms with Crippen LogP contribution in [0.2, 0.25) is 0 Å². The molecule has 94 valence electrons. The van der Waals surface area contributed by atoms with Crippen LogP contribution in [0.3, 0.4) is 0 Å². The lowest BCUT2D eigenvalue weighted by atomic mass is 10.1. The van der Waals surface area contributed by atoms with Gasteiger partial charge in [0.15, 0.2) is 0 Å². The molecule has 1 saturated carbocycles. The van der Waals surface area contributed by atoms with Crippen LogP contribution in [0.1, 0.15) is 20.3 Å². The molecule has 0 bridgehead atoms. The quantitative estimate of drug-likeness (QED) is 0.727. The number of hydrogen-bond donors (Lipinski definition) is 0. The van der Waals surface area contributed by atoms with Crippen molar-refractivity contribution in [3.63, 3.8) is 0 Å². The Hall–Kier alpha value is -0.160. The maximum absolute atomic E-state index is 12.2. The monoisotopic (exact) mass is 277 g/mol. The minimum Gasteiger partial charge on any atom is -0.333 e. The Morgan fingerprint density at radius 3 is 2.12 bits per heavy atom. The second-order valence-corrected chi connectivity index (χ2v) is 5.63. The molecule has 1 aliphatic carbocycles. The third-order valence-electron chi connectivity index (χ3n) is 2.77. The minimum atomic E-state index is -4.40. The molecule has 2 nitrogen and oxygen atoms in total. The molecule has 0 heterocycles. The highest BCUT2D eigenvalue weighted by molar-refractivity contribution is 6.53. The van der Waals surface area contributed by atoms with Crippen molar-refractivity contribution in [1.82, 2.24) is 4.90 Å². The topological polar surface area (TPSA) is 20.3 Å². The molecule has 1 aliphatic rings. The molecular weight excluding hydrogens is 266 g/mol. The van der Waals surface area contributed by atoms with Crippen molar-refractivity contribution in [1.29, 1.82) is 0 Å². The number of carbonyl (C=O) groups is 1. The lowest BCUT2D eigenvalue weighted by molar-refractivity contribution is -0.163. The molecule has 0 N–H and O–H groups in total. The average molecular weight is 278 g/mol. The van der Waals surface area contributed by atoms with Crippen molar-refractivity contribution in [3.05, 3.63) is 0 Å². The summed E-state index contributed by atoms with van der Waals surface area (Å²) < 4.78 is 35.4. The molecule has 1 unspecified atom stereocenters. The van der Waals surface area contributed by atoms with Gasteiger partial charge in [0.2, 0.25) is 5.91 Å². The van der Waals surface area contributed by atoms with E-state index >= 15 is 0 Å². The van der Waals surface area contributed by atoms with Crippen molar-refractivity contribution in [3.8, 4) is 0 Å². The van der Waals surface area contributed by atoms with E-state index in [0.717, 1.165) is 4.90 Å². The molecule has 1 atom stereocenters. The van der Waals surface area contributed by atoms with Gasteiger partial charge in [-0.25, -0.2) is 0 Å². The fourth-order valence-electron chi connectivity index (χ4n) is 1.52. The number of alkyl halides is 5. The SMILES string of the molecule is CCN(CC(F)(F)F)C(=O)C1(C)CC1(Cl)Cl. The van der Waals surface area contributed by atoms with Gasteiger partial charge in [-0.1, -0.05) is 0 Å². The van der Waals surface area contributed by atoms with Crippen LogP contribution >= 0.6 is 23.2 Å². The molecule has 16 heavy (non-hydrogen) atoms. The number of hydrogen-bond acceptors (Lipinski definition) is 1. The Morgan fingerprint density at radius 1 is 1.44 bits per heavy atom. The summed E-state index contributed by atoms with van der Waals surface area (Å²) in [6.07, 6.45) is -4.21. The van der Waals surface area contributed by atoms with Gasteiger partial charge in [-0.2, -0.15) is 13.2 Å². The highest BCUT2D eigenvalue weighted by Crippen LogP contribution is 2.64. The Morgan fingerprint density at radius 2 is 1.88 bits per heavy atom. The second-order valence-electron chi connectivity index (χ2n) is 4.15. The molecule has 0 spiro atoms. The molecule has 1 fully saturated rings. The second kappa shape index (κ2) is 3.95. The lowest BCUT2D eigenvalue weighted by Gasteiger charge is -2.26. The van der Waals surface area contributed by atoms with Gasteiger partial charge in [-0.05, 0) is 20.3 Å². The Kier molecular flexibility index (Phi) is 3.43. The molecule has 0 aliphatic heterocycles. The van der Waals surface area contributed by atoms with Crippen molar-refractivity contribution in [2.75, 3.05) is 13.1 Å². The molecule has 1 rings (SSSR count). The predicted octanol–water partition coefficient (Wildman–Crippen LogP) is 2.98. The van der Waals surface area contributed by atoms with Gasteiger partial charge in [0.05, 0.1) is 5.41 Å². The number of rotatable bonds is 3. The molecule has 1 amide bonds. The van der Waals surface area contributed by atoms with E-state index in [0.29, 0.717) is 0 Å². The molecule has 0 aromatic carbocycles. The van der Waals surface area contributed by atoms with Crippen molar-refractivity contribution >= 4 is 29.1 Å². The van der Waals surface area contributed by atoms with E-state index in [-0.39, 0.29) is 13.0 Å². The lowest BCUT2D eigenvalue weighted by Crippen LogP contribution is -2.43. The first kappa shape index (κ1) is 13.9. The van der Waals surface area contributed by atoms with E-state index in [1.165, 1.54) is 13.8 Å². The largest absolute Gasteiger partial charge is 0.406 e. The van der Waals surface area contributed by atoms with Gasteiger partial charge in [-0.15, -0.1) is 23.2 Å². The third kappa shape index (κ3) is 2.56.